The molecule has 2 rings (SSSR count). The van der Waals surface area contributed by atoms with Crippen molar-refractivity contribution in [2.24, 2.45) is 0 Å². The number of nitrogens with one attached hydrogen (secondary N) is 1. The maximum absolute atomic E-state index is 13.2. The molecule has 0 aliphatic rings. The quantitative estimate of drug-likeness (QED) is 0.899. The Hall–Kier alpha value is -2.17. The number of halogens is 2. The number of pyridine rings is 1. The van der Waals surface area contributed by atoms with Gasteiger partial charge in [0, 0.05) is 6.07 Å². The van der Waals surface area contributed by atoms with Gasteiger partial charge in [0.05, 0.1) is 30.2 Å². The number of nitrogens with zero attached hydrogens (tertiary/aromatic N) is 1. The van der Waals surface area contributed by atoms with Crippen LogP contribution < -0.4 is 10.1 Å². The molecular formula is C15H16F2N2O. The minimum absolute atomic E-state index is 0.153. The largest absolute Gasteiger partial charge is 0.492 e. The molecule has 0 spiro atoms. The van der Waals surface area contributed by atoms with Crippen LogP contribution in [0.25, 0.3) is 0 Å². The Bertz CT molecular complexity index is 573. The van der Waals surface area contributed by atoms with Gasteiger partial charge in [-0.3, -0.25) is 4.98 Å². The SMILES string of the molecule is CCOc1cc(F)ccc1NC(C)c1ccc(F)cn1. The summed E-state index contributed by atoms with van der Waals surface area (Å²) in [6.07, 6.45) is 1.17. The molecule has 1 unspecified atom stereocenters. The average molecular weight is 278 g/mol. The van der Waals surface area contributed by atoms with Crippen LogP contribution in [0.15, 0.2) is 36.5 Å². The number of anilines is 1. The molecule has 0 aliphatic heterocycles. The fourth-order valence-corrected chi connectivity index (χ4v) is 1.84. The van der Waals surface area contributed by atoms with E-state index in [0.717, 1.165) is 0 Å². The van der Waals surface area contributed by atoms with Gasteiger partial charge in [-0.25, -0.2) is 8.78 Å². The van der Waals surface area contributed by atoms with Crippen LogP contribution in [0.2, 0.25) is 0 Å². The fraction of sp³-hybridized carbons (Fsp3) is 0.267. The lowest BCUT2D eigenvalue weighted by atomic mass is 10.2. The number of hydrogen-bond acceptors (Lipinski definition) is 3. The van der Waals surface area contributed by atoms with Crippen LogP contribution in [0.3, 0.4) is 0 Å². The molecule has 3 nitrogen and oxygen atoms in total. The van der Waals surface area contributed by atoms with Crippen LogP contribution >= 0.6 is 0 Å². The molecule has 20 heavy (non-hydrogen) atoms. The van der Waals surface area contributed by atoms with Crippen LogP contribution in [0.4, 0.5) is 14.5 Å². The zero-order chi connectivity index (χ0) is 14.5. The van der Waals surface area contributed by atoms with E-state index >= 15 is 0 Å². The van der Waals surface area contributed by atoms with Crippen LogP contribution in [0.1, 0.15) is 25.6 Å². The molecule has 2 aromatic rings. The van der Waals surface area contributed by atoms with Crippen LogP contribution in [0, 0.1) is 11.6 Å². The van der Waals surface area contributed by atoms with Gasteiger partial charge >= 0.3 is 0 Å². The Labute approximate surface area is 116 Å². The second kappa shape index (κ2) is 6.32. The topological polar surface area (TPSA) is 34.1 Å². The summed E-state index contributed by atoms with van der Waals surface area (Å²) in [7, 11) is 0. The van der Waals surface area contributed by atoms with Crippen molar-refractivity contribution < 1.29 is 13.5 Å². The van der Waals surface area contributed by atoms with Crippen molar-refractivity contribution in [3.63, 3.8) is 0 Å². The maximum Gasteiger partial charge on any atom is 0.145 e. The molecule has 0 aliphatic carbocycles. The Kier molecular flexibility index (Phi) is 4.50. The summed E-state index contributed by atoms with van der Waals surface area (Å²) in [4.78, 5) is 4.02. The maximum atomic E-state index is 13.2. The Morgan fingerprint density at radius 1 is 1.20 bits per heavy atom. The molecule has 106 valence electrons. The molecule has 0 radical (unpaired) electrons. The van der Waals surface area contributed by atoms with E-state index in [2.05, 4.69) is 10.3 Å². The molecule has 1 aromatic carbocycles. The number of hydrogen-bond donors (Lipinski definition) is 1. The third kappa shape index (κ3) is 3.44. The van der Waals surface area contributed by atoms with Gasteiger partial charge < -0.3 is 10.1 Å². The first-order valence-corrected chi connectivity index (χ1v) is 6.40. The fourth-order valence-electron chi connectivity index (χ4n) is 1.84. The third-order valence-corrected chi connectivity index (χ3v) is 2.81. The van der Waals surface area contributed by atoms with Crippen molar-refractivity contribution >= 4 is 5.69 Å². The smallest absolute Gasteiger partial charge is 0.145 e. The van der Waals surface area contributed by atoms with E-state index in [1.54, 1.807) is 12.1 Å². The number of rotatable bonds is 5. The summed E-state index contributed by atoms with van der Waals surface area (Å²) in [6.45, 7) is 4.17. The highest BCUT2D eigenvalue weighted by atomic mass is 19.1. The molecule has 0 saturated heterocycles. The van der Waals surface area contributed by atoms with E-state index < -0.39 is 0 Å². The second-order valence-corrected chi connectivity index (χ2v) is 4.34. The van der Waals surface area contributed by atoms with Gasteiger partial charge in [-0.2, -0.15) is 0 Å². The van der Waals surface area contributed by atoms with Crippen molar-refractivity contribution in [2.75, 3.05) is 11.9 Å². The summed E-state index contributed by atoms with van der Waals surface area (Å²) in [5.74, 6) is -0.286. The highest BCUT2D eigenvalue weighted by Crippen LogP contribution is 2.28. The lowest BCUT2D eigenvalue weighted by molar-refractivity contribution is 0.339. The number of benzene rings is 1. The van der Waals surface area contributed by atoms with Gasteiger partial charge in [0.25, 0.3) is 0 Å². The van der Waals surface area contributed by atoms with E-state index in [1.807, 2.05) is 13.8 Å². The molecule has 1 heterocycles. The standard InChI is InChI=1S/C15H16F2N2O/c1-3-20-15-8-11(16)4-7-14(15)19-10(2)13-6-5-12(17)9-18-13/h4-10,19H,3H2,1-2H3. The summed E-state index contributed by atoms with van der Waals surface area (Å²) in [5.41, 5.74) is 1.37. The van der Waals surface area contributed by atoms with Crippen molar-refractivity contribution in [2.45, 2.75) is 19.9 Å². The summed E-state index contributed by atoms with van der Waals surface area (Å²) in [5, 5.41) is 3.18. The number of ether oxygens (including phenoxy) is 1. The first-order valence-electron chi connectivity index (χ1n) is 6.40. The van der Waals surface area contributed by atoms with Gasteiger partial charge in [0.2, 0.25) is 0 Å². The van der Waals surface area contributed by atoms with Gasteiger partial charge in [0.1, 0.15) is 17.4 Å². The van der Waals surface area contributed by atoms with Crippen molar-refractivity contribution in [1.29, 1.82) is 0 Å². The van der Waals surface area contributed by atoms with Crippen LogP contribution in [-0.4, -0.2) is 11.6 Å². The van der Waals surface area contributed by atoms with Gasteiger partial charge in [-0.1, -0.05) is 0 Å². The Morgan fingerprint density at radius 3 is 2.60 bits per heavy atom. The van der Waals surface area contributed by atoms with Crippen LogP contribution in [0.5, 0.6) is 5.75 Å². The molecular weight excluding hydrogens is 262 g/mol. The summed E-state index contributed by atoms with van der Waals surface area (Å²) in [6, 6.07) is 7.11. The van der Waals surface area contributed by atoms with Crippen molar-refractivity contribution in [1.82, 2.24) is 4.98 Å². The van der Waals surface area contributed by atoms with Gasteiger partial charge in [-0.15, -0.1) is 0 Å². The monoisotopic (exact) mass is 278 g/mol. The van der Waals surface area contributed by atoms with E-state index in [0.29, 0.717) is 23.7 Å². The molecule has 0 saturated carbocycles. The highest BCUT2D eigenvalue weighted by Gasteiger charge is 2.11. The van der Waals surface area contributed by atoms with Gasteiger partial charge in [0.15, 0.2) is 0 Å². The lowest BCUT2D eigenvalue weighted by Crippen LogP contribution is -2.10. The average Bonchev–Trinajstić information content (AvgIpc) is 2.43. The number of aromatic nitrogens is 1. The van der Waals surface area contributed by atoms with Crippen LogP contribution in [-0.2, 0) is 0 Å². The highest BCUT2D eigenvalue weighted by molar-refractivity contribution is 5.57. The van der Waals surface area contributed by atoms with Crippen molar-refractivity contribution in [3.05, 3.63) is 53.9 Å². The normalized spacial score (nSPS) is 12.0. The Balaban J connectivity index is 2.18. The molecule has 1 aromatic heterocycles. The minimum Gasteiger partial charge on any atom is -0.492 e. The van der Waals surface area contributed by atoms with E-state index in [1.165, 1.54) is 24.4 Å². The zero-order valence-corrected chi connectivity index (χ0v) is 11.4. The second-order valence-electron chi connectivity index (χ2n) is 4.34. The Morgan fingerprint density at radius 2 is 1.95 bits per heavy atom. The van der Waals surface area contributed by atoms with E-state index in [4.69, 9.17) is 4.74 Å². The summed E-state index contributed by atoms with van der Waals surface area (Å²) < 4.78 is 31.4. The van der Waals surface area contributed by atoms with Gasteiger partial charge in [-0.05, 0) is 38.1 Å². The van der Waals surface area contributed by atoms with E-state index in [9.17, 15) is 8.78 Å². The van der Waals surface area contributed by atoms with E-state index in [-0.39, 0.29) is 17.7 Å². The first-order chi connectivity index (χ1) is 9.60. The first kappa shape index (κ1) is 14.2. The molecule has 0 fully saturated rings. The van der Waals surface area contributed by atoms with Crippen molar-refractivity contribution in [3.8, 4) is 5.75 Å². The zero-order valence-electron chi connectivity index (χ0n) is 11.4. The third-order valence-electron chi connectivity index (χ3n) is 2.81. The molecule has 1 atom stereocenters. The summed E-state index contributed by atoms with van der Waals surface area (Å²) >= 11 is 0. The molecule has 0 bridgehead atoms. The lowest BCUT2D eigenvalue weighted by Gasteiger charge is -2.17. The minimum atomic E-state index is -0.377. The molecule has 5 heteroatoms. The predicted molar refractivity (Wildman–Crippen MR) is 73.8 cm³/mol. The molecule has 1 N–H and O–H groups in total. The molecule has 0 amide bonds. The predicted octanol–water partition coefficient (Wildman–Crippen LogP) is 3.93.